The first-order valence-corrected chi connectivity index (χ1v) is 8.13. The number of amides is 2. The molecule has 0 aliphatic carbocycles. The van der Waals surface area contributed by atoms with Crippen molar-refractivity contribution in [3.8, 4) is 0 Å². The minimum Gasteiger partial charge on any atom is -0.468 e. The molecule has 0 fully saturated rings. The van der Waals surface area contributed by atoms with Crippen LogP contribution in [-0.4, -0.2) is 31.4 Å². The molecule has 7 heteroatoms. The molecule has 0 saturated heterocycles. The van der Waals surface area contributed by atoms with Crippen LogP contribution in [-0.2, 0) is 25.5 Å². The molecule has 0 saturated carbocycles. The third-order valence-electron chi connectivity index (χ3n) is 3.54. The van der Waals surface area contributed by atoms with Crippen LogP contribution in [0.25, 0.3) is 6.08 Å². The average molecular weight is 370 g/mol. The van der Waals surface area contributed by atoms with E-state index in [0.29, 0.717) is 11.3 Å². The number of ether oxygens (including phenoxy) is 1. The highest BCUT2D eigenvalue weighted by Gasteiger charge is 2.06. The molecule has 2 aromatic carbocycles. The van der Waals surface area contributed by atoms with E-state index >= 15 is 0 Å². The zero-order valence-corrected chi connectivity index (χ0v) is 14.7. The molecule has 6 nitrogen and oxygen atoms in total. The lowest BCUT2D eigenvalue weighted by atomic mass is 10.1. The van der Waals surface area contributed by atoms with Crippen LogP contribution < -0.4 is 10.6 Å². The van der Waals surface area contributed by atoms with Crippen LogP contribution >= 0.6 is 0 Å². The number of methoxy groups -OCH3 is 1. The highest BCUT2D eigenvalue weighted by molar-refractivity contribution is 6.01. The van der Waals surface area contributed by atoms with Crippen molar-refractivity contribution < 1.29 is 23.5 Å². The Balaban J connectivity index is 1.84. The zero-order valence-electron chi connectivity index (χ0n) is 14.7. The van der Waals surface area contributed by atoms with E-state index in [4.69, 9.17) is 0 Å². The Hall–Kier alpha value is -3.48. The molecule has 2 N–H and O–H groups in total. The summed E-state index contributed by atoms with van der Waals surface area (Å²) in [6.07, 6.45) is 3.03. The monoisotopic (exact) mass is 370 g/mol. The Morgan fingerprint density at radius 3 is 2.33 bits per heavy atom. The van der Waals surface area contributed by atoms with Crippen molar-refractivity contribution in [2.75, 3.05) is 19.0 Å². The number of carbonyl (C=O) groups excluding carboxylic acids is 3. The van der Waals surface area contributed by atoms with Crippen LogP contribution in [0.5, 0.6) is 0 Å². The van der Waals surface area contributed by atoms with Gasteiger partial charge >= 0.3 is 5.97 Å². The molecular weight excluding hydrogens is 351 g/mol. The Labute approximate surface area is 156 Å². The first-order valence-electron chi connectivity index (χ1n) is 8.13. The van der Waals surface area contributed by atoms with Crippen LogP contribution in [0.2, 0.25) is 0 Å². The molecule has 0 aliphatic heterocycles. The summed E-state index contributed by atoms with van der Waals surface area (Å²) in [4.78, 5) is 34.6. The number of halogens is 1. The lowest BCUT2D eigenvalue weighted by molar-refractivity contribution is -0.141. The molecule has 0 aromatic heterocycles. The molecule has 2 amide bonds. The Kier molecular flexibility index (Phi) is 7.25. The maximum absolute atomic E-state index is 12.8. The second-order valence-electron chi connectivity index (χ2n) is 5.60. The van der Waals surface area contributed by atoms with Gasteiger partial charge in [-0.25, -0.2) is 4.39 Å². The van der Waals surface area contributed by atoms with Gasteiger partial charge in [0.15, 0.2) is 0 Å². The summed E-state index contributed by atoms with van der Waals surface area (Å²) in [5.41, 5.74) is 2.01. The summed E-state index contributed by atoms with van der Waals surface area (Å²) in [6, 6.07) is 12.5. The van der Waals surface area contributed by atoms with E-state index < -0.39 is 5.97 Å². The van der Waals surface area contributed by atoms with Gasteiger partial charge in [-0.2, -0.15) is 0 Å². The van der Waals surface area contributed by atoms with Crippen molar-refractivity contribution in [3.05, 3.63) is 71.6 Å². The fraction of sp³-hybridized carbons (Fsp3) is 0.150. The van der Waals surface area contributed by atoms with Crippen molar-refractivity contribution >= 4 is 29.5 Å². The van der Waals surface area contributed by atoms with E-state index in [1.165, 1.54) is 25.3 Å². The smallest absolute Gasteiger partial charge is 0.325 e. The number of carbonyl (C=O) groups is 3. The predicted octanol–water partition coefficient (Wildman–Crippen LogP) is 2.31. The highest BCUT2D eigenvalue weighted by Crippen LogP contribution is 2.11. The van der Waals surface area contributed by atoms with Crippen LogP contribution in [0.15, 0.2) is 54.6 Å². The largest absolute Gasteiger partial charge is 0.468 e. The fourth-order valence-electron chi connectivity index (χ4n) is 2.13. The minimum absolute atomic E-state index is 0.107. The normalized spacial score (nSPS) is 10.4. The predicted molar refractivity (Wildman–Crippen MR) is 99.2 cm³/mol. The minimum atomic E-state index is -0.518. The second-order valence-corrected chi connectivity index (χ2v) is 5.60. The molecule has 2 rings (SSSR count). The molecule has 2 aromatic rings. The fourth-order valence-corrected chi connectivity index (χ4v) is 2.13. The number of hydrogen-bond donors (Lipinski definition) is 2. The second kappa shape index (κ2) is 9.86. The Bertz CT molecular complexity index is 830. The molecule has 27 heavy (non-hydrogen) atoms. The Morgan fingerprint density at radius 2 is 1.70 bits per heavy atom. The molecular formula is C20H19FN2O4. The zero-order chi connectivity index (χ0) is 19.6. The summed E-state index contributed by atoms with van der Waals surface area (Å²) in [5.74, 6) is -1.49. The number of nitrogens with one attached hydrogen (secondary N) is 2. The number of hydrogen-bond acceptors (Lipinski definition) is 4. The molecule has 0 unspecified atom stereocenters. The molecule has 0 aliphatic rings. The summed E-state index contributed by atoms with van der Waals surface area (Å²) < 4.78 is 17.3. The quantitative estimate of drug-likeness (QED) is 0.579. The first kappa shape index (κ1) is 19.8. The molecule has 0 radical (unpaired) electrons. The maximum Gasteiger partial charge on any atom is 0.325 e. The molecule has 0 atom stereocenters. The van der Waals surface area contributed by atoms with E-state index in [-0.39, 0.29) is 30.6 Å². The van der Waals surface area contributed by atoms with Crippen molar-refractivity contribution in [1.82, 2.24) is 5.32 Å². The molecule has 0 heterocycles. The van der Waals surface area contributed by atoms with E-state index in [1.807, 2.05) is 0 Å². The highest BCUT2D eigenvalue weighted by atomic mass is 19.1. The van der Waals surface area contributed by atoms with E-state index in [2.05, 4.69) is 15.4 Å². The van der Waals surface area contributed by atoms with E-state index in [1.54, 1.807) is 42.5 Å². The van der Waals surface area contributed by atoms with Crippen molar-refractivity contribution in [1.29, 1.82) is 0 Å². The van der Waals surface area contributed by atoms with Gasteiger partial charge in [0.25, 0.3) is 0 Å². The van der Waals surface area contributed by atoms with Crippen LogP contribution in [0.4, 0.5) is 10.1 Å². The van der Waals surface area contributed by atoms with Crippen molar-refractivity contribution in [2.24, 2.45) is 0 Å². The van der Waals surface area contributed by atoms with Gasteiger partial charge in [-0.3, -0.25) is 14.4 Å². The van der Waals surface area contributed by atoms with Crippen molar-refractivity contribution in [2.45, 2.75) is 6.42 Å². The van der Waals surface area contributed by atoms with Gasteiger partial charge in [0, 0.05) is 11.8 Å². The number of rotatable bonds is 7. The van der Waals surface area contributed by atoms with Gasteiger partial charge in [0.1, 0.15) is 12.4 Å². The third kappa shape index (κ3) is 7.11. The van der Waals surface area contributed by atoms with Crippen LogP contribution in [0, 0.1) is 5.82 Å². The molecule has 0 spiro atoms. The summed E-state index contributed by atoms with van der Waals surface area (Å²) >= 11 is 0. The lowest BCUT2D eigenvalue weighted by Crippen LogP contribution is -2.31. The molecule has 140 valence electrons. The van der Waals surface area contributed by atoms with Crippen LogP contribution in [0.1, 0.15) is 11.1 Å². The summed E-state index contributed by atoms with van der Waals surface area (Å²) in [7, 11) is 1.25. The van der Waals surface area contributed by atoms with Gasteiger partial charge in [0.2, 0.25) is 11.8 Å². The van der Waals surface area contributed by atoms with Gasteiger partial charge in [0.05, 0.1) is 13.5 Å². The summed E-state index contributed by atoms with van der Waals surface area (Å²) in [6.45, 7) is -0.177. The van der Waals surface area contributed by atoms with Crippen molar-refractivity contribution in [3.63, 3.8) is 0 Å². The van der Waals surface area contributed by atoms with Gasteiger partial charge < -0.3 is 15.4 Å². The van der Waals surface area contributed by atoms with Gasteiger partial charge in [-0.15, -0.1) is 0 Å². The number of esters is 1. The first-order chi connectivity index (χ1) is 13.0. The third-order valence-corrected chi connectivity index (χ3v) is 3.54. The topological polar surface area (TPSA) is 84.5 Å². The maximum atomic E-state index is 12.8. The average Bonchev–Trinajstić information content (AvgIpc) is 2.67. The van der Waals surface area contributed by atoms with Gasteiger partial charge in [-0.1, -0.05) is 24.3 Å². The van der Waals surface area contributed by atoms with Crippen LogP contribution in [0.3, 0.4) is 0 Å². The standard InChI is InChI=1S/C20H19FN2O4/c1-27-20(26)13-22-19(25)12-15-4-9-17(10-5-15)23-18(24)11-6-14-2-7-16(21)8-3-14/h2-11H,12-13H2,1H3,(H,22,25)(H,23,24)/b11-6+. The SMILES string of the molecule is COC(=O)CNC(=O)Cc1ccc(NC(=O)/C=C/c2ccc(F)cc2)cc1. The van der Waals surface area contributed by atoms with Gasteiger partial charge in [-0.05, 0) is 41.5 Å². The molecule has 0 bridgehead atoms. The van der Waals surface area contributed by atoms with E-state index in [9.17, 15) is 18.8 Å². The lowest BCUT2D eigenvalue weighted by Gasteiger charge is -2.06. The Morgan fingerprint density at radius 1 is 1.04 bits per heavy atom. The van der Waals surface area contributed by atoms with E-state index in [0.717, 1.165) is 5.56 Å². The summed E-state index contributed by atoms with van der Waals surface area (Å²) in [5, 5.41) is 5.14. The number of benzene rings is 2. The number of anilines is 1.